The average Bonchev–Trinajstić information content (AvgIpc) is 3.30. The van der Waals surface area contributed by atoms with Crippen LogP contribution in [0.5, 0.6) is 11.5 Å². The molecule has 0 saturated carbocycles. The zero-order valence-electron chi connectivity index (χ0n) is 19.4. The molecule has 0 bridgehead atoms. The zero-order chi connectivity index (χ0) is 24.6. The molecule has 182 valence electrons. The quantitative estimate of drug-likeness (QED) is 0.215. The Hall–Kier alpha value is -3.29. The number of aliphatic carboxylic acids is 1. The van der Waals surface area contributed by atoms with Gasteiger partial charge in [-0.05, 0) is 66.9 Å². The van der Waals surface area contributed by atoms with Crippen LogP contribution in [0.2, 0.25) is 5.02 Å². The van der Waals surface area contributed by atoms with Crippen molar-refractivity contribution in [2.45, 2.75) is 32.4 Å². The first kappa shape index (κ1) is 24.8. The molecule has 0 fully saturated rings. The van der Waals surface area contributed by atoms with E-state index in [1.54, 1.807) is 24.3 Å². The molecular formula is C27H27ClN2O4S. The van der Waals surface area contributed by atoms with Crippen LogP contribution in [0.4, 0.5) is 5.13 Å². The molecule has 0 aliphatic heterocycles. The third-order valence-corrected chi connectivity index (χ3v) is 6.75. The largest absolute Gasteiger partial charge is 0.494 e. The number of aromatic nitrogens is 1. The summed E-state index contributed by atoms with van der Waals surface area (Å²) in [5.41, 5.74) is 1.99. The van der Waals surface area contributed by atoms with Crippen molar-refractivity contribution in [1.82, 2.24) is 4.98 Å². The maximum absolute atomic E-state index is 11.4. The molecule has 1 atom stereocenters. The number of carboxylic acid groups (broad SMARTS) is 1. The van der Waals surface area contributed by atoms with Gasteiger partial charge in [0.1, 0.15) is 11.5 Å². The lowest BCUT2D eigenvalue weighted by molar-refractivity contribution is -0.145. The van der Waals surface area contributed by atoms with Gasteiger partial charge in [-0.3, -0.25) is 0 Å². The highest BCUT2D eigenvalue weighted by atomic mass is 35.5. The predicted octanol–water partition coefficient (Wildman–Crippen LogP) is 6.67. The van der Waals surface area contributed by atoms with Crippen molar-refractivity contribution in [2.24, 2.45) is 0 Å². The van der Waals surface area contributed by atoms with Crippen molar-refractivity contribution in [3.8, 4) is 11.5 Å². The third kappa shape index (κ3) is 6.87. The number of rotatable bonds is 12. The third-order valence-electron chi connectivity index (χ3n) is 5.40. The van der Waals surface area contributed by atoms with Crippen LogP contribution in [-0.4, -0.2) is 35.3 Å². The number of carbonyl (C=O) groups is 1. The summed E-state index contributed by atoms with van der Waals surface area (Å²) < 4.78 is 12.7. The number of benzene rings is 3. The number of carboxylic acids is 1. The second-order valence-electron chi connectivity index (χ2n) is 8.04. The van der Waals surface area contributed by atoms with Crippen LogP contribution in [0.3, 0.4) is 0 Å². The van der Waals surface area contributed by atoms with Crippen LogP contribution in [0, 0.1) is 0 Å². The topological polar surface area (TPSA) is 71.9 Å². The van der Waals surface area contributed by atoms with Crippen molar-refractivity contribution in [3.63, 3.8) is 0 Å². The molecule has 0 spiro atoms. The molecule has 0 saturated heterocycles. The van der Waals surface area contributed by atoms with E-state index in [2.05, 4.69) is 11.0 Å². The fourth-order valence-corrected chi connectivity index (χ4v) is 4.74. The van der Waals surface area contributed by atoms with Crippen LogP contribution in [0.1, 0.15) is 25.3 Å². The lowest BCUT2D eigenvalue weighted by atomic mass is 10.2. The molecule has 0 aliphatic carbocycles. The Kier molecular flexibility index (Phi) is 8.45. The van der Waals surface area contributed by atoms with Gasteiger partial charge in [-0.2, -0.15) is 0 Å². The Bertz CT molecular complexity index is 1230. The van der Waals surface area contributed by atoms with Gasteiger partial charge < -0.3 is 19.5 Å². The predicted molar refractivity (Wildman–Crippen MR) is 141 cm³/mol. The molecule has 0 aliphatic rings. The van der Waals surface area contributed by atoms with E-state index in [1.807, 2.05) is 60.7 Å². The Morgan fingerprint density at radius 2 is 1.89 bits per heavy atom. The summed E-state index contributed by atoms with van der Waals surface area (Å²) in [6.45, 7) is 3.71. The van der Waals surface area contributed by atoms with Crippen molar-refractivity contribution >= 4 is 44.3 Å². The molecule has 8 heteroatoms. The fourth-order valence-electron chi connectivity index (χ4n) is 3.62. The molecule has 4 aromatic rings. The Morgan fingerprint density at radius 1 is 1.09 bits per heavy atom. The van der Waals surface area contributed by atoms with Gasteiger partial charge >= 0.3 is 5.97 Å². The van der Waals surface area contributed by atoms with Gasteiger partial charge in [-0.15, -0.1) is 0 Å². The number of ether oxygens (including phenoxy) is 2. The summed E-state index contributed by atoms with van der Waals surface area (Å²) >= 11 is 7.60. The fraction of sp³-hybridized carbons (Fsp3) is 0.259. The summed E-state index contributed by atoms with van der Waals surface area (Å²) in [7, 11) is 0. The molecule has 1 N–H and O–H groups in total. The van der Waals surface area contributed by atoms with E-state index in [4.69, 9.17) is 26.1 Å². The Balaban J connectivity index is 1.47. The molecule has 0 radical (unpaired) electrons. The Labute approximate surface area is 213 Å². The SMILES string of the molecule is CCC(Oc1cccc(CN(CCCOc2ccc(Cl)cc2)c2nc3ccccc3s2)c1)C(=O)O. The van der Waals surface area contributed by atoms with E-state index in [0.29, 0.717) is 30.3 Å². The lowest BCUT2D eigenvalue weighted by Crippen LogP contribution is -2.26. The van der Waals surface area contributed by atoms with E-state index < -0.39 is 12.1 Å². The normalized spacial score (nSPS) is 11.8. The summed E-state index contributed by atoms with van der Waals surface area (Å²) in [5.74, 6) is 0.372. The number of fused-ring (bicyclic) bond motifs is 1. The van der Waals surface area contributed by atoms with Crippen LogP contribution < -0.4 is 14.4 Å². The summed E-state index contributed by atoms with van der Waals surface area (Å²) in [6, 6.07) is 23.0. The van der Waals surface area contributed by atoms with Crippen LogP contribution >= 0.6 is 22.9 Å². The number of halogens is 1. The maximum Gasteiger partial charge on any atom is 0.344 e. The minimum Gasteiger partial charge on any atom is -0.494 e. The molecule has 1 unspecified atom stereocenters. The molecule has 3 aromatic carbocycles. The number of hydrogen-bond acceptors (Lipinski definition) is 6. The van der Waals surface area contributed by atoms with E-state index >= 15 is 0 Å². The minimum atomic E-state index is -0.963. The zero-order valence-corrected chi connectivity index (χ0v) is 21.0. The van der Waals surface area contributed by atoms with E-state index in [1.165, 1.54) is 0 Å². The summed E-state index contributed by atoms with van der Waals surface area (Å²) in [6.07, 6.45) is 0.326. The molecule has 1 aromatic heterocycles. The number of anilines is 1. The summed E-state index contributed by atoms with van der Waals surface area (Å²) in [4.78, 5) is 18.4. The first-order valence-electron chi connectivity index (χ1n) is 11.5. The van der Waals surface area contributed by atoms with Gasteiger partial charge in [0.15, 0.2) is 11.2 Å². The van der Waals surface area contributed by atoms with Crippen LogP contribution in [-0.2, 0) is 11.3 Å². The molecule has 6 nitrogen and oxygen atoms in total. The number of hydrogen-bond donors (Lipinski definition) is 1. The summed E-state index contributed by atoms with van der Waals surface area (Å²) in [5, 5.41) is 10.9. The standard InChI is InChI=1S/C27H27ClN2O4S/c1-2-24(26(31)32)34-22-8-5-7-19(17-22)18-30(27-29-23-9-3-4-10-25(23)35-27)15-6-16-33-21-13-11-20(28)12-14-21/h3-5,7-14,17,24H,2,6,15-16,18H2,1H3,(H,31,32). The second kappa shape index (κ2) is 11.9. The average molecular weight is 511 g/mol. The highest BCUT2D eigenvalue weighted by Crippen LogP contribution is 2.30. The molecule has 4 rings (SSSR count). The number of nitrogens with zero attached hydrogens (tertiary/aromatic N) is 2. The highest BCUT2D eigenvalue weighted by Gasteiger charge is 2.18. The van der Waals surface area contributed by atoms with Gasteiger partial charge in [-0.25, -0.2) is 9.78 Å². The first-order valence-corrected chi connectivity index (χ1v) is 12.7. The molecule has 35 heavy (non-hydrogen) atoms. The van der Waals surface area contributed by atoms with Crippen molar-refractivity contribution in [2.75, 3.05) is 18.1 Å². The van der Waals surface area contributed by atoms with Gasteiger partial charge in [0.2, 0.25) is 0 Å². The number of para-hydroxylation sites is 1. The van der Waals surface area contributed by atoms with Crippen molar-refractivity contribution < 1.29 is 19.4 Å². The minimum absolute atomic E-state index is 0.394. The Morgan fingerprint density at radius 3 is 2.63 bits per heavy atom. The van der Waals surface area contributed by atoms with Gasteiger partial charge in [0.05, 0.1) is 16.8 Å². The van der Waals surface area contributed by atoms with Gasteiger partial charge in [-0.1, -0.05) is 54.1 Å². The monoisotopic (exact) mass is 510 g/mol. The van der Waals surface area contributed by atoms with E-state index in [0.717, 1.165) is 39.6 Å². The van der Waals surface area contributed by atoms with Crippen LogP contribution in [0.15, 0.2) is 72.8 Å². The molecule has 0 amide bonds. The first-order chi connectivity index (χ1) is 17.0. The van der Waals surface area contributed by atoms with E-state index in [9.17, 15) is 9.90 Å². The van der Waals surface area contributed by atoms with Crippen molar-refractivity contribution in [1.29, 1.82) is 0 Å². The maximum atomic E-state index is 11.4. The van der Waals surface area contributed by atoms with Gasteiger partial charge in [0, 0.05) is 18.1 Å². The number of thiazole rings is 1. The molecule has 1 heterocycles. The highest BCUT2D eigenvalue weighted by molar-refractivity contribution is 7.22. The van der Waals surface area contributed by atoms with Crippen LogP contribution in [0.25, 0.3) is 10.2 Å². The second-order valence-corrected chi connectivity index (χ2v) is 9.49. The van der Waals surface area contributed by atoms with Gasteiger partial charge in [0.25, 0.3) is 0 Å². The molecular weight excluding hydrogens is 484 g/mol. The van der Waals surface area contributed by atoms with E-state index in [-0.39, 0.29) is 0 Å². The lowest BCUT2D eigenvalue weighted by Gasteiger charge is -2.22. The smallest absolute Gasteiger partial charge is 0.344 e. The van der Waals surface area contributed by atoms with Crippen molar-refractivity contribution in [3.05, 3.63) is 83.4 Å².